The maximum absolute atomic E-state index is 5.27. The van der Waals surface area contributed by atoms with E-state index in [0.29, 0.717) is 0 Å². The van der Waals surface area contributed by atoms with Crippen LogP contribution in [0.25, 0.3) is 0 Å². The molecular formula is C7H8O. The molecule has 42 valence electrons. The molecule has 8 heavy (non-hydrogen) atoms. The monoisotopic (exact) mass is 108 g/mol. The lowest BCUT2D eigenvalue weighted by Crippen LogP contribution is -2.08. The van der Waals surface area contributed by atoms with Gasteiger partial charge in [-0.25, -0.2) is 0 Å². The molecule has 0 radical (unpaired) electrons. The van der Waals surface area contributed by atoms with Crippen molar-refractivity contribution in [2.75, 3.05) is 6.61 Å². The van der Waals surface area contributed by atoms with Crippen molar-refractivity contribution < 1.29 is 4.74 Å². The van der Waals surface area contributed by atoms with Gasteiger partial charge in [-0.1, -0.05) is 6.08 Å². The van der Waals surface area contributed by atoms with Crippen LogP contribution in [-0.4, -0.2) is 6.61 Å². The van der Waals surface area contributed by atoms with Crippen molar-refractivity contribution in [3.63, 3.8) is 0 Å². The lowest BCUT2D eigenvalue weighted by atomic mass is 9.99. The van der Waals surface area contributed by atoms with Crippen molar-refractivity contribution >= 4 is 0 Å². The fourth-order valence-electron chi connectivity index (χ4n) is 1.06. The second-order valence-corrected chi connectivity index (χ2v) is 2.17. The molecule has 0 amide bonds. The molecule has 0 N–H and O–H groups in total. The van der Waals surface area contributed by atoms with Crippen LogP contribution in [0.15, 0.2) is 23.5 Å². The Morgan fingerprint density at radius 3 is 2.75 bits per heavy atom. The molecule has 1 heteroatoms. The Balaban J connectivity index is 2.20. The van der Waals surface area contributed by atoms with E-state index < -0.39 is 0 Å². The summed E-state index contributed by atoms with van der Waals surface area (Å²) in [4.78, 5) is 0. The van der Waals surface area contributed by atoms with Gasteiger partial charge in [0.25, 0.3) is 0 Å². The van der Waals surface area contributed by atoms with Gasteiger partial charge in [0.15, 0.2) is 0 Å². The summed E-state index contributed by atoms with van der Waals surface area (Å²) in [6.07, 6.45) is 6.60. The molecule has 0 aromatic heterocycles. The van der Waals surface area contributed by atoms with Gasteiger partial charge in [0.05, 0.1) is 6.61 Å². The molecule has 0 unspecified atom stereocenters. The molecule has 0 aromatic carbocycles. The lowest BCUT2D eigenvalue weighted by Gasteiger charge is -2.21. The van der Waals surface area contributed by atoms with Gasteiger partial charge in [-0.3, -0.25) is 0 Å². The highest BCUT2D eigenvalue weighted by molar-refractivity contribution is 5.41. The van der Waals surface area contributed by atoms with Crippen molar-refractivity contribution in [3.05, 3.63) is 23.5 Å². The van der Waals surface area contributed by atoms with Crippen molar-refractivity contribution in [2.24, 2.45) is 0 Å². The number of allylic oxidation sites excluding steroid dienone is 3. The first-order valence-electron chi connectivity index (χ1n) is 3.01. The zero-order valence-electron chi connectivity index (χ0n) is 4.68. The fourth-order valence-corrected chi connectivity index (χ4v) is 1.06. The van der Waals surface area contributed by atoms with Crippen LogP contribution in [0.1, 0.15) is 12.8 Å². The molecule has 0 bridgehead atoms. The highest BCUT2D eigenvalue weighted by atomic mass is 16.5. The highest BCUT2D eigenvalue weighted by Crippen LogP contribution is 2.27. The molecule has 1 nitrogen and oxygen atoms in total. The first kappa shape index (κ1) is 4.19. The predicted molar refractivity (Wildman–Crippen MR) is 31.4 cm³/mol. The molecule has 0 saturated heterocycles. The van der Waals surface area contributed by atoms with E-state index in [9.17, 15) is 0 Å². The Labute approximate surface area is 48.7 Å². The van der Waals surface area contributed by atoms with Crippen LogP contribution in [0, 0.1) is 0 Å². The molecule has 0 saturated carbocycles. The summed E-state index contributed by atoms with van der Waals surface area (Å²) in [5.74, 6) is 1.14. The molecule has 1 aliphatic carbocycles. The molecule has 1 heterocycles. The first-order chi connectivity index (χ1) is 3.97. The summed E-state index contributed by atoms with van der Waals surface area (Å²) < 4.78 is 5.27. The van der Waals surface area contributed by atoms with E-state index in [1.807, 2.05) is 6.08 Å². The van der Waals surface area contributed by atoms with E-state index in [0.717, 1.165) is 12.4 Å². The molecule has 0 atom stereocenters. The minimum atomic E-state index is 0.920. The zero-order valence-corrected chi connectivity index (χ0v) is 4.68. The summed E-state index contributed by atoms with van der Waals surface area (Å²) in [5, 5.41) is 0. The van der Waals surface area contributed by atoms with Crippen molar-refractivity contribution in [1.82, 2.24) is 0 Å². The summed E-state index contributed by atoms with van der Waals surface area (Å²) in [5.41, 5.74) is 1.41. The minimum Gasteiger partial charge on any atom is -0.493 e. The third-order valence-electron chi connectivity index (χ3n) is 1.60. The van der Waals surface area contributed by atoms with Gasteiger partial charge in [-0.15, -0.1) is 0 Å². The van der Waals surface area contributed by atoms with Gasteiger partial charge in [-0.2, -0.15) is 0 Å². The average Bonchev–Trinajstić information content (AvgIpc) is 1.72. The number of hydrogen-bond donors (Lipinski definition) is 0. The maximum Gasteiger partial charge on any atom is 0.122 e. The van der Waals surface area contributed by atoms with E-state index in [4.69, 9.17) is 4.74 Å². The van der Waals surface area contributed by atoms with Crippen LogP contribution < -0.4 is 0 Å². The van der Waals surface area contributed by atoms with Crippen molar-refractivity contribution in [1.29, 1.82) is 0 Å². The highest BCUT2D eigenvalue weighted by Gasteiger charge is 2.14. The van der Waals surface area contributed by atoms with E-state index in [-0.39, 0.29) is 0 Å². The Morgan fingerprint density at radius 1 is 1.38 bits per heavy atom. The fraction of sp³-hybridized carbons (Fsp3) is 0.429. The molecule has 0 aromatic rings. The molecule has 0 spiro atoms. The van der Waals surface area contributed by atoms with Crippen LogP contribution in [0.2, 0.25) is 0 Å². The smallest absolute Gasteiger partial charge is 0.122 e. The van der Waals surface area contributed by atoms with Crippen LogP contribution in [0.4, 0.5) is 0 Å². The van der Waals surface area contributed by atoms with Crippen molar-refractivity contribution in [3.8, 4) is 0 Å². The first-order valence-corrected chi connectivity index (χ1v) is 3.01. The SMILES string of the molecule is C1=CC2=C1CCCO2. The largest absolute Gasteiger partial charge is 0.493 e. The van der Waals surface area contributed by atoms with Gasteiger partial charge in [0.2, 0.25) is 0 Å². The Bertz CT molecular complexity index is 147. The van der Waals surface area contributed by atoms with Gasteiger partial charge in [0, 0.05) is 0 Å². The second kappa shape index (κ2) is 1.38. The van der Waals surface area contributed by atoms with Gasteiger partial charge >= 0.3 is 0 Å². The Kier molecular flexibility index (Phi) is 0.720. The topological polar surface area (TPSA) is 9.23 Å². The number of ether oxygens (including phenoxy) is 1. The minimum absolute atomic E-state index is 0.920. The summed E-state index contributed by atoms with van der Waals surface area (Å²) in [6, 6.07) is 0. The summed E-state index contributed by atoms with van der Waals surface area (Å²) in [7, 11) is 0. The van der Waals surface area contributed by atoms with Crippen LogP contribution in [0.5, 0.6) is 0 Å². The van der Waals surface area contributed by atoms with Gasteiger partial charge in [-0.05, 0) is 24.5 Å². The predicted octanol–water partition coefficient (Wildman–Crippen LogP) is 1.62. The van der Waals surface area contributed by atoms with E-state index in [1.54, 1.807) is 0 Å². The standard InChI is InChI=1S/C7H8O/c1-2-6-3-4-7(6)8-5-1/h3-4H,1-2,5H2. The van der Waals surface area contributed by atoms with E-state index >= 15 is 0 Å². The second-order valence-electron chi connectivity index (χ2n) is 2.17. The third-order valence-corrected chi connectivity index (χ3v) is 1.60. The maximum atomic E-state index is 5.27. The Morgan fingerprint density at radius 2 is 2.38 bits per heavy atom. The van der Waals surface area contributed by atoms with E-state index in [2.05, 4.69) is 6.08 Å². The number of hydrogen-bond acceptors (Lipinski definition) is 1. The quantitative estimate of drug-likeness (QED) is 0.458. The number of rotatable bonds is 0. The van der Waals surface area contributed by atoms with Crippen LogP contribution in [-0.2, 0) is 4.74 Å². The molecular weight excluding hydrogens is 100 g/mol. The van der Waals surface area contributed by atoms with Crippen molar-refractivity contribution in [2.45, 2.75) is 12.8 Å². The van der Waals surface area contributed by atoms with Crippen LogP contribution >= 0.6 is 0 Å². The lowest BCUT2D eigenvalue weighted by molar-refractivity contribution is 0.197. The van der Waals surface area contributed by atoms with E-state index in [1.165, 1.54) is 18.4 Å². The molecule has 2 rings (SSSR count). The average molecular weight is 108 g/mol. The Hall–Kier alpha value is -0.720. The zero-order chi connectivity index (χ0) is 5.40. The van der Waals surface area contributed by atoms with Gasteiger partial charge < -0.3 is 4.74 Å². The molecule has 0 fully saturated rings. The molecule has 1 aliphatic heterocycles. The third kappa shape index (κ3) is 0.414. The molecule has 2 aliphatic rings. The normalized spacial score (nSPS) is 24.0. The summed E-state index contributed by atoms with van der Waals surface area (Å²) >= 11 is 0. The summed E-state index contributed by atoms with van der Waals surface area (Å²) in [6.45, 7) is 0.920. The van der Waals surface area contributed by atoms with Gasteiger partial charge in [0.1, 0.15) is 5.76 Å². The van der Waals surface area contributed by atoms with Crippen LogP contribution in [0.3, 0.4) is 0 Å².